The summed E-state index contributed by atoms with van der Waals surface area (Å²) in [6.07, 6.45) is 6.30. The molecule has 1 amide bonds. The van der Waals surface area contributed by atoms with E-state index in [1.54, 1.807) is 0 Å². The summed E-state index contributed by atoms with van der Waals surface area (Å²) >= 11 is 2.86. The van der Waals surface area contributed by atoms with E-state index in [-0.39, 0.29) is 17.6 Å². The van der Waals surface area contributed by atoms with Crippen LogP contribution in [0.3, 0.4) is 0 Å². The number of nitrogens with zero attached hydrogens (tertiary/aromatic N) is 3. The minimum Gasteiger partial charge on any atom is -0.465 e. The lowest BCUT2D eigenvalue weighted by atomic mass is 9.96. The molecule has 2 heterocycles. The van der Waals surface area contributed by atoms with Gasteiger partial charge in [0.1, 0.15) is 5.00 Å². The lowest BCUT2D eigenvalue weighted by molar-refractivity contribution is -0.113. The van der Waals surface area contributed by atoms with E-state index in [0.717, 1.165) is 49.1 Å². The highest BCUT2D eigenvalue weighted by molar-refractivity contribution is 7.99. The highest BCUT2D eigenvalue weighted by atomic mass is 32.2. The second-order valence-corrected chi connectivity index (χ2v) is 11.3. The average molecular weight is 527 g/mol. The summed E-state index contributed by atoms with van der Waals surface area (Å²) in [6.45, 7) is 7.09. The number of hydrogen-bond donors (Lipinski definition) is 1. The fraction of sp³-hybridized carbons (Fsp3) is 0.481. The Balaban J connectivity index is 1.48. The van der Waals surface area contributed by atoms with E-state index in [0.29, 0.717) is 28.2 Å². The predicted molar refractivity (Wildman–Crippen MR) is 146 cm³/mol. The van der Waals surface area contributed by atoms with Gasteiger partial charge < -0.3 is 14.6 Å². The third-order valence-corrected chi connectivity index (χ3v) is 8.69. The highest BCUT2D eigenvalue weighted by Gasteiger charge is 2.26. The molecule has 36 heavy (non-hydrogen) atoms. The van der Waals surface area contributed by atoms with Crippen LogP contribution >= 0.6 is 23.1 Å². The zero-order valence-electron chi connectivity index (χ0n) is 21.4. The number of thiophene rings is 1. The molecule has 192 valence electrons. The fourth-order valence-electron chi connectivity index (χ4n) is 4.53. The van der Waals surface area contributed by atoms with E-state index in [4.69, 9.17) is 4.74 Å². The summed E-state index contributed by atoms with van der Waals surface area (Å²) < 4.78 is 7.10. The normalized spacial score (nSPS) is 13.7. The first-order valence-electron chi connectivity index (χ1n) is 12.6. The van der Waals surface area contributed by atoms with Gasteiger partial charge >= 0.3 is 5.97 Å². The molecule has 0 saturated carbocycles. The molecule has 2 aromatic heterocycles. The molecule has 3 aromatic rings. The Hall–Kier alpha value is -2.65. The average Bonchev–Trinajstić information content (AvgIpc) is 3.42. The Labute approximate surface area is 221 Å². The van der Waals surface area contributed by atoms with Crippen LogP contribution < -0.4 is 5.32 Å². The minimum absolute atomic E-state index is 0.173. The second kappa shape index (κ2) is 12.1. The Morgan fingerprint density at radius 1 is 1.11 bits per heavy atom. The van der Waals surface area contributed by atoms with Crippen LogP contribution in [-0.2, 0) is 28.9 Å². The second-order valence-electron chi connectivity index (χ2n) is 9.28. The molecule has 0 spiro atoms. The van der Waals surface area contributed by atoms with Crippen molar-refractivity contribution >= 4 is 40.0 Å². The Bertz CT molecular complexity index is 1210. The SMILES string of the molecule is CCn1c(SCC(=O)Nc2sc3c(c2C(=O)OC)CCCCCC3)nnc1-c1ccc(C(C)C)cc1. The van der Waals surface area contributed by atoms with Gasteiger partial charge in [0.05, 0.1) is 18.4 Å². The van der Waals surface area contributed by atoms with Gasteiger partial charge in [0.25, 0.3) is 0 Å². The van der Waals surface area contributed by atoms with Crippen molar-refractivity contribution in [3.8, 4) is 11.4 Å². The van der Waals surface area contributed by atoms with Crippen molar-refractivity contribution in [2.75, 3.05) is 18.2 Å². The van der Waals surface area contributed by atoms with Gasteiger partial charge in [-0.05, 0) is 49.7 Å². The molecule has 0 fully saturated rings. The summed E-state index contributed by atoms with van der Waals surface area (Å²) in [6, 6.07) is 8.39. The van der Waals surface area contributed by atoms with Gasteiger partial charge in [-0.1, -0.05) is 62.7 Å². The molecular formula is C27H34N4O3S2. The number of benzene rings is 1. The number of aromatic nitrogens is 3. The van der Waals surface area contributed by atoms with Gasteiger partial charge in [0, 0.05) is 17.0 Å². The third kappa shape index (κ3) is 5.83. The van der Waals surface area contributed by atoms with E-state index in [2.05, 4.69) is 53.6 Å². The lowest BCUT2D eigenvalue weighted by Gasteiger charge is -2.11. The van der Waals surface area contributed by atoms with E-state index in [9.17, 15) is 9.59 Å². The summed E-state index contributed by atoms with van der Waals surface area (Å²) in [4.78, 5) is 26.7. The van der Waals surface area contributed by atoms with Crippen LogP contribution in [0.25, 0.3) is 11.4 Å². The molecule has 0 atom stereocenters. The van der Waals surface area contributed by atoms with Crippen LogP contribution in [-0.4, -0.2) is 39.5 Å². The fourth-order valence-corrected chi connectivity index (χ4v) is 6.63. The molecule has 0 aliphatic heterocycles. The van der Waals surface area contributed by atoms with Gasteiger partial charge in [-0.25, -0.2) is 4.79 Å². The largest absolute Gasteiger partial charge is 0.465 e. The van der Waals surface area contributed by atoms with E-state index in [1.807, 2.05) is 11.5 Å². The van der Waals surface area contributed by atoms with Crippen LogP contribution in [0.2, 0.25) is 0 Å². The van der Waals surface area contributed by atoms with E-state index >= 15 is 0 Å². The van der Waals surface area contributed by atoms with E-state index in [1.165, 1.54) is 47.1 Å². The number of anilines is 1. The molecule has 1 aliphatic rings. The molecule has 0 unspecified atom stereocenters. The van der Waals surface area contributed by atoms with Crippen molar-refractivity contribution in [1.82, 2.24) is 14.8 Å². The summed E-state index contributed by atoms with van der Waals surface area (Å²) in [5, 5.41) is 13.0. The van der Waals surface area contributed by atoms with Crippen molar-refractivity contribution in [3.05, 3.63) is 45.8 Å². The van der Waals surface area contributed by atoms with Gasteiger partial charge in [0.2, 0.25) is 5.91 Å². The van der Waals surface area contributed by atoms with Crippen LogP contribution in [0, 0.1) is 0 Å². The number of carbonyl (C=O) groups excluding carboxylic acids is 2. The van der Waals surface area contributed by atoms with Crippen molar-refractivity contribution in [3.63, 3.8) is 0 Å². The molecular weight excluding hydrogens is 492 g/mol. The number of amides is 1. The number of rotatable bonds is 8. The van der Waals surface area contributed by atoms with Crippen molar-refractivity contribution in [1.29, 1.82) is 0 Å². The smallest absolute Gasteiger partial charge is 0.341 e. The van der Waals surface area contributed by atoms with Crippen LogP contribution in [0.15, 0.2) is 29.4 Å². The lowest BCUT2D eigenvalue weighted by Crippen LogP contribution is -2.17. The maximum Gasteiger partial charge on any atom is 0.341 e. The summed E-state index contributed by atoms with van der Waals surface area (Å²) in [7, 11) is 1.39. The molecule has 1 aliphatic carbocycles. The first kappa shape index (κ1) is 26.4. The summed E-state index contributed by atoms with van der Waals surface area (Å²) in [5.74, 6) is 0.882. The number of methoxy groups -OCH3 is 1. The van der Waals surface area contributed by atoms with Crippen LogP contribution in [0.4, 0.5) is 5.00 Å². The molecule has 7 nitrogen and oxygen atoms in total. The molecule has 9 heteroatoms. The van der Waals surface area contributed by atoms with Crippen molar-refractivity contribution in [2.24, 2.45) is 0 Å². The predicted octanol–water partition coefficient (Wildman–Crippen LogP) is 6.33. The molecule has 1 aromatic carbocycles. The Morgan fingerprint density at radius 3 is 2.50 bits per heavy atom. The molecule has 1 N–H and O–H groups in total. The van der Waals surface area contributed by atoms with Gasteiger partial charge in [0.15, 0.2) is 11.0 Å². The number of carbonyl (C=O) groups is 2. The Morgan fingerprint density at radius 2 is 1.83 bits per heavy atom. The number of fused-ring (bicyclic) bond motifs is 1. The Kier molecular flexibility index (Phi) is 8.85. The van der Waals surface area contributed by atoms with Gasteiger partial charge in [-0.2, -0.15) is 0 Å². The minimum atomic E-state index is -0.380. The molecule has 0 saturated heterocycles. The summed E-state index contributed by atoms with van der Waals surface area (Å²) in [5.41, 5.74) is 3.86. The molecule has 4 rings (SSSR count). The zero-order valence-corrected chi connectivity index (χ0v) is 23.1. The molecule has 0 radical (unpaired) electrons. The number of aryl methyl sites for hydroxylation is 1. The van der Waals surface area contributed by atoms with Gasteiger partial charge in [-0.15, -0.1) is 21.5 Å². The molecule has 0 bridgehead atoms. The van der Waals surface area contributed by atoms with Gasteiger partial charge in [-0.3, -0.25) is 4.79 Å². The number of nitrogens with one attached hydrogen (secondary N) is 1. The van der Waals surface area contributed by atoms with Crippen LogP contribution in [0.1, 0.15) is 78.7 Å². The number of thioether (sulfide) groups is 1. The quantitative estimate of drug-likeness (QED) is 0.273. The number of hydrogen-bond acceptors (Lipinski definition) is 7. The monoisotopic (exact) mass is 526 g/mol. The topological polar surface area (TPSA) is 86.1 Å². The highest BCUT2D eigenvalue weighted by Crippen LogP contribution is 2.37. The van der Waals surface area contributed by atoms with Crippen molar-refractivity contribution < 1.29 is 14.3 Å². The first-order valence-corrected chi connectivity index (χ1v) is 14.4. The van der Waals surface area contributed by atoms with Crippen LogP contribution in [0.5, 0.6) is 0 Å². The van der Waals surface area contributed by atoms with E-state index < -0.39 is 0 Å². The zero-order chi connectivity index (χ0) is 25.7. The number of esters is 1. The van der Waals surface area contributed by atoms with Crippen molar-refractivity contribution in [2.45, 2.75) is 76.9 Å². The standard InChI is InChI=1S/C27H34N4O3S2/c1-5-31-24(19-14-12-18(13-15-19)17(2)3)29-30-27(31)35-16-22(32)28-25-23(26(33)34-4)20-10-8-6-7-9-11-21(20)36-25/h12-15,17H,5-11,16H2,1-4H3,(H,28,32). The maximum atomic E-state index is 12.9. The third-order valence-electron chi connectivity index (χ3n) is 6.51. The maximum absolute atomic E-state index is 12.9. The number of ether oxygens (including phenoxy) is 1. The first-order chi connectivity index (χ1) is 17.4.